The lowest BCUT2D eigenvalue weighted by Crippen LogP contribution is -2.03. The van der Waals surface area contributed by atoms with Crippen LogP contribution >= 0.6 is 0 Å². The van der Waals surface area contributed by atoms with E-state index >= 15 is 0 Å². The molecule has 1 atom stereocenters. The van der Waals surface area contributed by atoms with Crippen molar-refractivity contribution in [2.24, 2.45) is 0 Å². The maximum Gasteiger partial charge on any atom is 0.119 e. The van der Waals surface area contributed by atoms with Crippen molar-refractivity contribution in [3.8, 4) is 5.75 Å². The first kappa shape index (κ1) is 11.2. The van der Waals surface area contributed by atoms with Gasteiger partial charge >= 0.3 is 0 Å². The van der Waals surface area contributed by atoms with Gasteiger partial charge in [0.2, 0.25) is 0 Å². The Labute approximate surface area is 96.9 Å². The van der Waals surface area contributed by atoms with Crippen LogP contribution in [0.1, 0.15) is 18.9 Å². The Balaban J connectivity index is 1.80. The SMILES string of the molecule is CC/C=C/Cc1ccc(OCC2CO2)cc1. The molecule has 2 nitrogen and oxygen atoms in total. The van der Waals surface area contributed by atoms with Crippen LogP contribution in [0.25, 0.3) is 0 Å². The van der Waals surface area contributed by atoms with E-state index in [1.807, 2.05) is 12.1 Å². The molecule has 86 valence electrons. The average Bonchev–Trinajstić information content (AvgIpc) is 3.12. The van der Waals surface area contributed by atoms with Gasteiger partial charge in [0.15, 0.2) is 0 Å². The molecule has 16 heavy (non-hydrogen) atoms. The van der Waals surface area contributed by atoms with E-state index in [1.54, 1.807) is 0 Å². The van der Waals surface area contributed by atoms with Gasteiger partial charge in [-0.2, -0.15) is 0 Å². The van der Waals surface area contributed by atoms with Crippen LogP contribution in [0.15, 0.2) is 36.4 Å². The third kappa shape index (κ3) is 3.70. The Morgan fingerprint density at radius 2 is 2.06 bits per heavy atom. The van der Waals surface area contributed by atoms with Gasteiger partial charge in [0, 0.05) is 0 Å². The fraction of sp³-hybridized carbons (Fsp3) is 0.429. The maximum absolute atomic E-state index is 5.57. The predicted molar refractivity (Wildman–Crippen MR) is 64.8 cm³/mol. The second kappa shape index (κ2) is 5.71. The van der Waals surface area contributed by atoms with Crippen LogP contribution in [0.2, 0.25) is 0 Å². The fourth-order valence-corrected chi connectivity index (χ4v) is 1.46. The maximum atomic E-state index is 5.57. The Kier molecular flexibility index (Phi) is 4.00. The highest BCUT2D eigenvalue weighted by Gasteiger charge is 2.22. The number of ether oxygens (including phenoxy) is 2. The Hall–Kier alpha value is -1.28. The molecule has 1 aliphatic heterocycles. The number of epoxide rings is 1. The monoisotopic (exact) mass is 218 g/mol. The Bertz CT molecular complexity index is 336. The van der Waals surface area contributed by atoms with Crippen molar-refractivity contribution in [3.05, 3.63) is 42.0 Å². The molecule has 0 bridgehead atoms. The quantitative estimate of drug-likeness (QED) is 0.541. The van der Waals surface area contributed by atoms with E-state index in [0.717, 1.165) is 25.2 Å². The van der Waals surface area contributed by atoms with E-state index in [0.29, 0.717) is 12.7 Å². The standard InChI is InChI=1S/C14H18O2/c1-2-3-4-5-12-6-8-13(9-7-12)15-10-14-11-16-14/h3-4,6-9,14H,2,5,10-11H2,1H3/b4-3+. The minimum absolute atomic E-state index is 0.326. The Morgan fingerprint density at radius 1 is 1.31 bits per heavy atom. The van der Waals surface area contributed by atoms with Crippen molar-refractivity contribution >= 4 is 0 Å². The molecule has 1 saturated heterocycles. The zero-order valence-electron chi connectivity index (χ0n) is 9.69. The van der Waals surface area contributed by atoms with Gasteiger partial charge < -0.3 is 9.47 Å². The molecule has 2 rings (SSSR count). The summed E-state index contributed by atoms with van der Waals surface area (Å²) in [6, 6.07) is 8.28. The predicted octanol–water partition coefficient (Wildman–Crippen LogP) is 2.97. The summed E-state index contributed by atoms with van der Waals surface area (Å²) in [7, 11) is 0. The van der Waals surface area contributed by atoms with Crippen molar-refractivity contribution in [3.63, 3.8) is 0 Å². The van der Waals surface area contributed by atoms with Crippen molar-refractivity contribution < 1.29 is 9.47 Å². The lowest BCUT2D eigenvalue weighted by atomic mass is 10.1. The molecule has 0 radical (unpaired) electrons. The third-order valence-corrected chi connectivity index (χ3v) is 2.52. The number of allylic oxidation sites excluding steroid dienone is 2. The summed E-state index contributed by atoms with van der Waals surface area (Å²) < 4.78 is 10.7. The lowest BCUT2D eigenvalue weighted by Gasteiger charge is -2.04. The third-order valence-electron chi connectivity index (χ3n) is 2.52. The summed E-state index contributed by atoms with van der Waals surface area (Å²) in [6.07, 6.45) is 6.82. The molecule has 0 aliphatic carbocycles. The lowest BCUT2D eigenvalue weighted by molar-refractivity contribution is 0.263. The Morgan fingerprint density at radius 3 is 2.69 bits per heavy atom. The van der Waals surface area contributed by atoms with Crippen LogP contribution in [-0.4, -0.2) is 19.3 Å². The van der Waals surface area contributed by atoms with E-state index in [1.165, 1.54) is 5.56 Å². The molecule has 2 heteroatoms. The van der Waals surface area contributed by atoms with Crippen LogP contribution in [-0.2, 0) is 11.2 Å². The van der Waals surface area contributed by atoms with E-state index in [9.17, 15) is 0 Å². The minimum atomic E-state index is 0.326. The first-order valence-corrected chi connectivity index (χ1v) is 5.87. The average molecular weight is 218 g/mol. The van der Waals surface area contributed by atoms with Gasteiger partial charge in [-0.1, -0.05) is 31.2 Å². The van der Waals surface area contributed by atoms with Crippen LogP contribution in [0.4, 0.5) is 0 Å². The van der Waals surface area contributed by atoms with E-state index in [-0.39, 0.29) is 0 Å². The molecule has 1 heterocycles. The van der Waals surface area contributed by atoms with Gasteiger partial charge in [-0.05, 0) is 30.5 Å². The highest BCUT2D eigenvalue weighted by atomic mass is 16.6. The normalized spacial score (nSPS) is 18.9. The summed E-state index contributed by atoms with van der Waals surface area (Å²) in [5.41, 5.74) is 1.32. The van der Waals surface area contributed by atoms with E-state index < -0.39 is 0 Å². The van der Waals surface area contributed by atoms with Crippen LogP contribution < -0.4 is 4.74 Å². The zero-order chi connectivity index (χ0) is 11.2. The van der Waals surface area contributed by atoms with Gasteiger partial charge in [-0.25, -0.2) is 0 Å². The highest BCUT2D eigenvalue weighted by Crippen LogP contribution is 2.16. The van der Waals surface area contributed by atoms with E-state index in [4.69, 9.17) is 9.47 Å². The molecule has 1 aliphatic rings. The van der Waals surface area contributed by atoms with Crippen LogP contribution in [0.3, 0.4) is 0 Å². The molecular formula is C14H18O2. The van der Waals surface area contributed by atoms with E-state index in [2.05, 4.69) is 31.2 Å². The smallest absolute Gasteiger partial charge is 0.119 e. The topological polar surface area (TPSA) is 21.8 Å². The van der Waals surface area contributed by atoms with Gasteiger partial charge in [0.1, 0.15) is 18.5 Å². The van der Waals surface area contributed by atoms with Gasteiger partial charge in [0.05, 0.1) is 6.61 Å². The molecule has 0 amide bonds. The molecule has 0 spiro atoms. The molecule has 1 aromatic carbocycles. The van der Waals surface area contributed by atoms with Crippen LogP contribution in [0.5, 0.6) is 5.75 Å². The van der Waals surface area contributed by atoms with Gasteiger partial charge in [-0.15, -0.1) is 0 Å². The van der Waals surface area contributed by atoms with Gasteiger partial charge in [0.25, 0.3) is 0 Å². The van der Waals surface area contributed by atoms with Crippen molar-refractivity contribution in [2.45, 2.75) is 25.9 Å². The summed E-state index contributed by atoms with van der Waals surface area (Å²) in [5, 5.41) is 0. The molecule has 0 aromatic heterocycles. The largest absolute Gasteiger partial charge is 0.491 e. The molecule has 0 saturated carbocycles. The number of hydrogen-bond acceptors (Lipinski definition) is 2. The first-order valence-electron chi connectivity index (χ1n) is 5.87. The van der Waals surface area contributed by atoms with Crippen LogP contribution in [0, 0.1) is 0 Å². The number of rotatable bonds is 6. The molecule has 1 fully saturated rings. The van der Waals surface area contributed by atoms with Crippen molar-refractivity contribution in [1.82, 2.24) is 0 Å². The summed E-state index contributed by atoms with van der Waals surface area (Å²) in [4.78, 5) is 0. The first-order chi connectivity index (χ1) is 7.88. The molecule has 1 unspecified atom stereocenters. The number of hydrogen-bond donors (Lipinski definition) is 0. The van der Waals surface area contributed by atoms with Gasteiger partial charge in [-0.3, -0.25) is 0 Å². The molecular weight excluding hydrogens is 200 g/mol. The second-order valence-corrected chi connectivity index (χ2v) is 3.99. The summed E-state index contributed by atoms with van der Waals surface area (Å²) in [6.45, 7) is 3.67. The highest BCUT2D eigenvalue weighted by molar-refractivity contribution is 5.28. The zero-order valence-corrected chi connectivity index (χ0v) is 9.69. The summed E-state index contributed by atoms with van der Waals surface area (Å²) in [5.74, 6) is 0.929. The van der Waals surface area contributed by atoms with Crippen molar-refractivity contribution in [1.29, 1.82) is 0 Å². The minimum Gasteiger partial charge on any atom is -0.491 e. The second-order valence-electron chi connectivity index (χ2n) is 3.99. The molecule has 0 N–H and O–H groups in total. The molecule has 1 aromatic rings. The number of benzene rings is 1. The fourth-order valence-electron chi connectivity index (χ4n) is 1.46. The van der Waals surface area contributed by atoms with Crippen molar-refractivity contribution in [2.75, 3.05) is 13.2 Å². The summed E-state index contributed by atoms with van der Waals surface area (Å²) >= 11 is 0.